The van der Waals surface area contributed by atoms with Gasteiger partial charge in [0.1, 0.15) is 0 Å². The molecule has 0 N–H and O–H groups in total. The molecule has 0 spiro atoms. The van der Waals surface area contributed by atoms with Gasteiger partial charge in [0, 0.05) is 11.6 Å². The standard InChI is InChI=1S/C13H13N/c1-2-7-13-11(4-1)8-12(9-14-13)10-5-3-6-10/h1-2,4,7-10H,3,5-6H2. The van der Waals surface area contributed by atoms with Crippen molar-refractivity contribution in [3.8, 4) is 0 Å². The molecule has 0 aliphatic heterocycles. The molecule has 0 saturated heterocycles. The van der Waals surface area contributed by atoms with E-state index in [-0.39, 0.29) is 0 Å². The summed E-state index contributed by atoms with van der Waals surface area (Å²) in [6.45, 7) is 0. The topological polar surface area (TPSA) is 12.9 Å². The molecule has 14 heavy (non-hydrogen) atoms. The van der Waals surface area contributed by atoms with Gasteiger partial charge in [0.25, 0.3) is 0 Å². The van der Waals surface area contributed by atoms with Crippen LogP contribution in [0.3, 0.4) is 0 Å². The number of aromatic nitrogens is 1. The minimum Gasteiger partial charge on any atom is -0.256 e. The second-order valence-corrected chi connectivity index (χ2v) is 4.09. The van der Waals surface area contributed by atoms with Crippen molar-refractivity contribution < 1.29 is 0 Å². The maximum atomic E-state index is 4.48. The number of pyridine rings is 1. The van der Waals surface area contributed by atoms with E-state index in [0.29, 0.717) is 0 Å². The Morgan fingerprint density at radius 1 is 1.14 bits per heavy atom. The number of para-hydroxylation sites is 1. The fourth-order valence-corrected chi connectivity index (χ4v) is 2.05. The fraction of sp³-hybridized carbons (Fsp3) is 0.308. The van der Waals surface area contributed by atoms with E-state index in [4.69, 9.17) is 0 Å². The van der Waals surface area contributed by atoms with Crippen molar-refractivity contribution in [3.63, 3.8) is 0 Å². The highest BCUT2D eigenvalue weighted by atomic mass is 14.7. The van der Waals surface area contributed by atoms with Crippen molar-refractivity contribution in [2.24, 2.45) is 0 Å². The van der Waals surface area contributed by atoms with Gasteiger partial charge < -0.3 is 0 Å². The fourth-order valence-electron chi connectivity index (χ4n) is 2.05. The first kappa shape index (κ1) is 7.98. The van der Waals surface area contributed by atoms with Crippen LogP contribution >= 0.6 is 0 Å². The third-order valence-electron chi connectivity index (χ3n) is 3.19. The Hall–Kier alpha value is -1.37. The second kappa shape index (κ2) is 3.09. The predicted octanol–water partition coefficient (Wildman–Crippen LogP) is 3.50. The summed E-state index contributed by atoms with van der Waals surface area (Å²) in [7, 11) is 0. The molecule has 1 saturated carbocycles. The Kier molecular flexibility index (Phi) is 1.76. The quantitative estimate of drug-likeness (QED) is 0.659. The molecule has 2 aromatic rings. The third-order valence-corrected chi connectivity index (χ3v) is 3.19. The number of benzene rings is 1. The molecule has 1 aromatic heterocycles. The van der Waals surface area contributed by atoms with Gasteiger partial charge in [-0.3, -0.25) is 4.98 Å². The van der Waals surface area contributed by atoms with Gasteiger partial charge in [-0.25, -0.2) is 0 Å². The first-order valence-corrected chi connectivity index (χ1v) is 5.28. The van der Waals surface area contributed by atoms with Gasteiger partial charge in [-0.2, -0.15) is 0 Å². The zero-order valence-corrected chi connectivity index (χ0v) is 8.11. The van der Waals surface area contributed by atoms with Gasteiger partial charge in [0.2, 0.25) is 0 Å². The molecule has 0 atom stereocenters. The van der Waals surface area contributed by atoms with Crippen LogP contribution in [0.25, 0.3) is 10.9 Å². The molecule has 70 valence electrons. The Balaban J connectivity index is 2.10. The smallest absolute Gasteiger partial charge is 0.0702 e. The van der Waals surface area contributed by atoms with Crippen molar-refractivity contribution in [2.45, 2.75) is 25.2 Å². The molecule has 0 amide bonds. The van der Waals surface area contributed by atoms with Crippen LogP contribution in [-0.4, -0.2) is 4.98 Å². The summed E-state index contributed by atoms with van der Waals surface area (Å²) in [6.07, 6.45) is 6.13. The van der Waals surface area contributed by atoms with Crippen LogP contribution in [-0.2, 0) is 0 Å². The summed E-state index contributed by atoms with van der Waals surface area (Å²) in [6, 6.07) is 10.6. The van der Waals surface area contributed by atoms with E-state index in [1.54, 1.807) is 0 Å². The van der Waals surface area contributed by atoms with Crippen molar-refractivity contribution in [2.75, 3.05) is 0 Å². The van der Waals surface area contributed by atoms with Crippen LogP contribution in [0.15, 0.2) is 36.5 Å². The van der Waals surface area contributed by atoms with Crippen molar-refractivity contribution in [1.29, 1.82) is 0 Å². The normalized spacial score (nSPS) is 16.9. The number of hydrogen-bond donors (Lipinski definition) is 0. The number of hydrogen-bond acceptors (Lipinski definition) is 1. The number of nitrogens with zero attached hydrogens (tertiary/aromatic N) is 1. The summed E-state index contributed by atoms with van der Waals surface area (Å²) in [5, 5.41) is 1.27. The average Bonchev–Trinajstić information content (AvgIpc) is 2.15. The Bertz CT molecular complexity index is 457. The van der Waals surface area contributed by atoms with Gasteiger partial charge in [-0.1, -0.05) is 24.6 Å². The zero-order valence-electron chi connectivity index (χ0n) is 8.11. The Morgan fingerprint density at radius 2 is 2.00 bits per heavy atom. The van der Waals surface area contributed by atoms with E-state index in [1.165, 1.54) is 30.2 Å². The molecule has 1 nitrogen and oxygen atoms in total. The van der Waals surface area contributed by atoms with Gasteiger partial charge in [0.05, 0.1) is 5.52 Å². The van der Waals surface area contributed by atoms with Crippen LogP contribution in [0.1, 0.15) is 30.7 Å². The number of rotatable bonds is 1. The first-order valence-electron chi connectivity index (χ1n) is 5.28. The molecule has 3 rings (SSSR count). The van der Waals surface area contributed by atoms with Gasteiger partial charge in [0.15, 0.2) is 0 Å². The molecule has 1 heteroatoms. The molecular weight excluding hydrogens is 170 g/mol. The van der Waals surface area contributed by atoms with E-state index in [1.807, 2.05) is 12.3 Å². The maximum absolute atomic E-state index is 4.48. The summed E-state index contributed by atoms with van der Waals surface area (Å²) in [5.74, 6) is 0.784. The Labute approximate surface area is 83.8 Å². The average molecular weight is 183 g/mol. The molecule has 0 bridgehead atoms. The first-order chi connectivity index (χ1) is 6.93. The van der Waals surface area contributed by atoms with Crippen LogP contribution in [0.2, 0.25) is 0 Å². The maximum Gasteiger partial charge on any atom is 0.0702 e. The molecule has 0 unspecified atom stereocenters. The SMILES string of the molecule is c1ccc2ncc(C3CCC3)cc2c1. The van der Waals surface area contributed by atoms with Crippen LogP contribution in [0.4, 0.5) is 0 Å². The number of fused-ring (bicyclic) bond motifs is 1. The van der Waals surface area contributed by atoms with Crippen LogP contribution < -0.4 is 0 Å². The molecule has 1 aliphatic carbocycles. The lowest BCUT2D eigenvalue weighted by Crippen LogP contribution is -2.08. The molecular formula is C13H13N. The molecule has 1 aromatic carbocycles. The van der Waals surface area contributed by atoms with Crippen molar-refractivity contribution in [3.05, 3.63) is 42.1 Å². The lowest BCUT2D eigenvalue weighted by Gasteiger charge is -2.25. The zero-order chi connectivity index (χ0) is 9.38. The lowest BCUT2D eigenvalue weighted by atomic mass is 9.80. The van der Waals surface area contributed by atoms with Gasteiger partial charge >= 0.3 is 0 Å². The van der Waals surface area contributed by atoms with Crippen molar-refractivity contribution in [1.82, 2.24) is 4.98 Å². The van der Waals surface area contributed by atoms with E-state index < -0.39 is 0 Å². The minimum atomic E-state index is 0.784. The summed E-state index contributed by atoms with van der Waals surface area (Å²) < 4.78 is 0. The summed E-state index contributed by atoms with van der Waals surface area (Å²) >= 11 is 0. The summed E-state index contributed by atoms with van der Waals surface area (Å²) in [4.78, 5) is 4.48. The van der Waals surface area contributed by atoms with Gasteiger partial charge in [-0.15, -0.1) is 0 Å². The predicted molar refractivity (Wildman–Crippen MR) is 58.3 cm³/mol. The Morgan fingerprint density at radius 3 is 2.79 bits per heavy atom. The minimum absolute atomic E-state index is 0.784. The van der Waals surface area contributed by atoms with E-state index in [9.17, 15) is 0 Å². The van der Waals surface area contributed by atoms with Crippen LogP contribution in [0, 0.1) is 0 Å². The van der Waals surface area contributed by atoms with Crippen LogP contribution in [0.5, 0.6) is 0 Å². The second-order valence-electron chi connectivity index (χ2n) is 4.09. The highest BCUT2D eigenvalue weighted by Gasteiger charge is 2.19. The third kappa shape index (κ3) is 1.20. The molecule has 0 radical (unpaired) electrons. The van der Waals surface area contributed by atoms with E-state index >= 15 is 0 Å². The highest BCUT2D eigenvalue weighted by Crippen LogP contribution is 2.36. The molecule has 1 heterocycles. The largest absolute Gasteiger partial charge is 0.256 e. The van der Waals surface area contributed by atoms with E-state index in [2.05, 4.69) is 29.2 Å². The van der Waals surface area contributed by atoms with E-state index in [0.717, 1.165) is 11.4 Å². The highest BCUT2D eigenvalue weighted by molar-refractivity contribution is 5.78. The van der Waals surface area contributed by atoms with Gasteiger partial charge in [-0.05, 0) is 36.5 Å². The van der Waals surface area contributed by atoms with Crippen molar-refractivity contribution >= 4 is 10.9 Å². The lowest BCUT2D eigenvalue weighted by molar-refractivity contribution is 0.419. The molecule has 1 fully saturated rings. The monoisotopic (exact) mass is 183 g/mol. The molecule has 1 aliphatic rings. The summed E-state index contributed by atoms with van der Waals surface area (Å²) in [5.41, 5.74) is 2.53.